The molecule has 0 aliphatic rings. The monoisotopic (exact) mass is 385 g/mol. The number of hydrogen-bond donors (Lipinski definition) is 0. The molecular weight excluding hydrogens is 361 g/mol. The van der Waals surface area contributed by atoms with Crippen LogP contribution < -0.4 is 0 Å². The van der Waals surface area contributed by atoms with Crippen molar-refractivity contribution in [3.8, 4) is 28.0 Å². The minimum Gasteiger partial charge on any atom is -0.215 e. The summed E-state index contributed by atoms with van der Waals surface area (Å²) in [6.07, 6.45) is 3.31. The maximum atomic E-state index is 9.54. The number of aryl methyl sites for hydroxylation is 1. The Labute approximate surface area is 173 Å². The van der Waals surface area contributed by atoms with Gasteiger partial charge in [-0.1, -0.05) is 57.4 Å². The number of benzene rings is 2. The van der Waals surface area contributed by atoms with Crippen LogP contribution in [0.2, 0.25) is 6.32 Å². The van der Waals surface area contributed by atoms with Gasteiger partial charge in [-0.2, -0.15) is 9.64 Å². The zero-order chi connectivity index (χ0) is 20.1. The Balaban J connectivity index is 1.97. The molecule has 140 valence electrons. The molecule has 0 saturated carbocycles. The predicted molar refractivity (Wildman–Crippen MR) is 118 cm³/mol. The average molecular weight is 385 g/mol. The van der Waals surface area contributed by atoms with Crippen LogP contribution in [0.5, 0.6) is 0 Å². The minimum atomic E-state index is 0.513. The Morgan fingerprint density at radius 3 is 2.68 bits per heavy atom. The second-order valence-corrected chi connectivity index (χ2v) is 8.09. The Morgan fingerprint density at radius 1 is 1.18 bits per heavy atom. The number of rotatable bonds is 7. The van der Waals surface area contributed by atoms with Crippen LogP contribution in [0.4, 0.5) is 0 Å². The zero-order valence-corrected chi connectivity index (χ0v) is 17.5. The van der Waals surface area contributed by atoms with Gasteiger partial charge in [-0.3, -0.25) is 0 Å². The van der Waals surface area contributed by atoms with Gasteiger partial charge in [0.2, 0.25) is 0 Å². The van der Waals surface area contributed by atoms with E-state index >= 15 is 0 Å². The van der Waals surface area contributed by atoms with E-state index in [1.165, 1.54) is 22.7 Å². The molecule has 0 bridgehead atoms. The highest BCUT2D eigenvalue weighted by molar-refractivity contribution is 7.09. The van der Waals surface area contributed by atoms with E-state index in [1.807, 2.05) is 12.1 Å². The lowest BCUT2D eigenvalue weighted by Gasteiger charge is -2.11. The molecule has 0 saturated heterocycles. The first-order valence-corrected chi connectivity index (χ1v) is 10.5. The third-order valence-electron chi connectivity index (χ3n) is 4.81. The molecule has 3 nitrogen and oxygen atoms in total. The molecule has 0 unspecified atom stereocenters. The summed E-state index contributed by atoms with van der Waals surface area (Å²) >= 11 is 1.38. The van der Waals surface area contributed by atoms with E-state index in [1.54, 1.807) is 0 Å². The molecule has 5 heteroatoms. The quantitative estimate of drug-likeness (QED) is 0.495. The Kier molecular flexibility index (Phi) is 6.64. The smallest absolute Gasteiger partial charge is 0.173 e. The summed E-state index contributed by atoms with van der Waals surface area (Å²) < 4.78 is 4.62. The number of aromatic nitrogens is 2. The standard InChI is InChI=1S/C23H24BN3S/c1-4-20-16(10-11-24)6-5-7-21(20)22-26-23(28-27-22)18-9-8-17(12-15(2)3)19(13-18)14-25/h5-9,13,15H,4,10-12H2,1-3H3. The molecule has 0 N–H and O–H groups in total. The molecule has 0 atom stereocenters. The van der Waals surface area contributed by atoms with E-state index in [4.69, 9.17) is 12.8 Å². The first-order valence-electron chi connectivity index (χ1n) is 9.75. The summed E-state index contributed by atoms with van der Waals surface area (Å²) in [5, 5.41) is 10.4. The zero-order valence-electron chi connectivity index (χ0n) is 16.7. The second kappa shape index (κ2) is 9.17. The van der Waals surface area contributed by atoms with Crippen molar-refractivity contribution in [1.29, 1.82) is 5.26 Å². The van der Waals surface area contributed by atoms with Gasteiger partial charge in [0.1, 0.15) is 5.01 Å². The molecule has 0 amide bonds. The molecule has 28 heavy (non-hydrogen) atoms. The van der Waals surface area contributed by atoms with Crippen LogP contribution in [0.15, 0.2) is 36.4 Å². The Bertz CT molecular complexity index is 1000. The molecule has 0 fully saturated rings. The topological polar surface area (TPSA) is 49.6 Å². The van der Waals surface area contributed by atoms with Crippen LogP contribution in [0.3, 0.4) is 0 Å². The van der Waals surface area contributed by atoms with E-state index in [2.05, 4.69) is 55.5 Å². The summed E-state index contributed by atoms with van der Waals surface area (Å²) in [4.78, 5) is 4.79. The molecular formula is C23H24BN3S. The number of nitriles is 1. The third-order valence-corrected chi connectivity index (χ3v) is 5.58. The van der Waals surface area contributed by atoms with Crippen LogP contribution >= 0.6 is 11.5 Å². The van der Waals surface area contributed by atoms with Crippen LogP contribution in [0.25, 0.3) is 22.0 Å². The highest BCUT2D eigenvalue weighted by atomic mass is 32.1. The van der Waals surface area contributed by atoms with Crippen LogP contribution in [0.1, 0.15) is 43.0 Å². The fourth-order valence-corrected chi connectivity index (χ4v) is 4.20. The van der Waals surface area contributed by atoms with Gasteiger partial charge in [0.05, 0.1) is 19.5 Å². The lowest BCUT2D eigenvalue weighted by molar-refractivity contribution is 0.646. The van der Waals surface area contributed by atoms with Crippen molar-refractivity contribution >= 4 is 19.4 Å². The molecule has 2 aromatic carbocycles. The maximum absolute atomic E-state index is 9.54. The third kappa shape index (κ3) is 4.34. The van der Waals surface area contributed by atoms with Crippen molar-refractivity contribution in [2.45, 2.75) is 46.4 Å². The normalized spacial score (nSPS) is 11.0. The van der Waals surface area contributed by atoms with Gasteiger partial charge in [-0.25, -0.2) is 4.98 Å². The van der Waals surface area contributed by atoms with Crippen molar-refractivity contribution in [1.82, 2.24) is 9.36 Å². The van der Waals surface area contributed by atoms with Gasteiger partial charge in [0.25, 0.3) is 0 Å². The van der Waals surface area contributed by atoms with Gasteiger partial charge in [-0.15, -0.1) is 0 Å². The first-order chi connectivity index (χ1) is 13.6. The summed E-state index contributed by atoms with van der Waals surface area (Å²) in [7, 11) is 5.77. The first kappa shape index (κ1) is 20.3. The molecule has 0 aliphatic heterocycles. The predicted octanol–water partition coefficient (Wildman–Crippen LogP) is 5.63. The Morgan fingerprint density at radius 2 is 2.00 bits per heavy atom. The molecule has 3 rings (SSSR count). The van der Waals surface area contributed by atoms with Crippen molar-refractivity contribution in [2.75, 3.05) is 0 Å². The SMILES string of the molecule is [B]CCc1cccc(-c2nsc(-c3ccc(CC(C)C)c(C#N)c3)n2)c1CC. The average Bonchev–Trinajstić information content (AvgIpc) is 3.18. The molecule has 1 aromatic heterocycles. The number of hydrogen-bond acceptors (Lipinski definition) is 4. The maximum Gasteiger partial charge on any atom is 0.173 e. The van der Waals surface area contributed by atoms with E-state index in [0.717, 1.165) is 52.3 Å². The Hall–Kier alpha value is -2.45. The largest absolute Gasteiger partial charge is 0.215 e. The highest BCUT2D eigenvalue weighted by Crippen LogP contribution is 2.31. The van der Waals surface area contributed by atoms with E-state index in [0.29, 0.717) is 12.2 Å². The molecule has 0 aliphatic carbocycles. The summed E-state index contributed by atoms with van der Waals surface area (Å²) in [6, 6.07) is 14.6. The molecule has 0 spiro atoms. The summed E-state index contributed by atoms with van der Waals surface area (Å²) in [5.74, 6) is 1.26. The fourth-order valence-electron chi connectivity index (χ4n) is 3.53. The van der Waals surface area contributed by atoms with E-state index < -0.39 is 0 Å². The fraction of sp³-hybridized carbons (Fsp3) is 0.348. The van der Waals surface area contributed by atoms with Gasteiger partial charge in [0.15, 0.2) is 5.82 Å². The highest BCUT2D eigenvalue weighted by Gasteiger charge is 2.15. The molecule has 3 aromatic rings. The van der Waals surface area contributed by atoms with Crippen LogP contribution in [-0.4, -0.2) is 17.2 Å². The van der Waals surface area contributed by atoms with Gasteiger partial charge in [0, 0.05) is 11.1 Å². The lowest BCUT2D eigenvalue weighted by atomic mass is 9.91. The summed E-state index contributed by atoms with van der Waals surface area (Å²) in [6.45, 7) is 6.48. The number of nitrogens with zero attached hydrogens (tertiary/aromatic N) is 3. The lowest BCUT2D eigenvalue weighted by Crippen LogP contribution is -1.98. The van der Waals surface area contributed by atoms with Crippen molar-refractivity contribution in [3.05, 3.63) is 58.7 Å². The van der Waals surface area contributed by atoms with Crippen LogP contribution in [0, 0.1) is 17.2 Å². The van der Waals surface area contributed by atoms with Crippen molar-refractivity contribution in [2.24, 2.45) is 5.92 Å². The van der Waals surface area contributed by atoms with Crippen molar-refractivity contribution in [3.63, 3.8) is 0 Å². The van der Waals surface area contributed by atoms with E-state index in [-0.39, 0.29) is 0 Å². The van der Waals surface area contributed by atoms with Gasteiger partial charge >= 0.3 is 0 Å². The van der Waals surface area contributed by atoms with E-state index in [9.17, 15) is 5.26 Å². The van der Waals surface area contributed by atoms with Crippen LogP contribution in [-0.2, 0) is 19.3 Å². The molecule has 1 heterocycles. The van der Waals surface area contributed by atoms with Gasteiger partial charge in [-0.05, 0) is 59.5 Å². The minimum absolute atomic E-state index is 0.513. The summed E-state index contributed by atoms with van der Waals surface area (Å²) in [5.41, 5.74) is 6.37. The van der Waals surface area contributed by atoms with Gasteiger partial charge < -0.3 is 0 Å². The second-order valence-electron chi connectivity index (χ2n) is 7.34. The molecule has 2 radical (unpaired) electrons. The van der Waals surface area contributed by atoms with Crippen molar-refractivity contribution < 1.29 is 0 Å².